The van der Waals surface area contributed by atoms with Crippen LogP contribution < -0.4 is 10.9 Å². The first-order chi connectivity index (χ1) is 14.1. The zero-order valence-corrected chi connectivity index (χ0v) is 16.8. The van der Waals surface area contributed by atoms with Crippen LogP contribution in [0.5, 0.6) is 0 Å². The summed E-state index contributed by atoms with van der Waals surface area (Å²) in [6, 6.07) is 3.92. The molecule has 0 unspecified atom stereocenters. The molecular formula is C22H29FN4O2. The third-order valence-electron chi connectivity index (χ3n) is 6.53. The molecule has 1 saturated heterocycles. The van der Waals surface area contributed by atoms with Gasteiger partial charge in [0.2, 0.25) is 5.91 Å². The first-order valence-corrected chi connectivity index (χ1v) is 10.7. The average Bonchev–Trinajstić information content (AvgIpc) is 2.76. The number of likely N-dealkylation sites (tertiary alicyclic amines) is 1. The summed E-state index contributed by atoms with van der Waals surface area (Å²) in [5.74, 6) is -0.689. The molecule has 156 valence electrons. The van der Waals surface area contributed by atoms with Crippen LogP contribution >= 0.6 is 0 Å². The van der Waals surface area contributed by atoms with E-state index >= 15 is 0 Å². The number of halogens is 1. The van der Waals surface area contributed by atoms with Gasteiger partial charge < -0.3 is 5.32 Å². The Kier molecular flexibility index (Phi) is 5.94. The number of piperidine rings is 1. The van der Waals surface area contributed by atoms with E-state index in [0.29, 0.717) is 12.1 Å². The molecule has 29 heavy (non-hydrogen) atoms. The Morgan fingerprint density at radius 2 is 1.83 bits per heavy atom. The van der Waals surface area contributed by atoms with E-state index in [2.05, 4.69) is 15.2 Å². The molecule has 7 heteroatoms. The topological polar surface area (TPSA) is 67.2 Å². The zero-order valence-electron chi connectivity index (χ0n) is 16.8. The van der Waals surface area contributed by atoms with E-state index in [0.717, 1.165) is 25.9 Å². The Morgan fingerprint density at radius 3 is 2.59 bits per heavy atom. The van der Waals surface area contributed by atoms with Crippen molar-refractivity contribution in [1.82, 2.24) is 19.8 Å². The van der Waals surface area contributed by atoms with E-state index in [1.165, 1.54) is 67.6 Å². The molecule has 4 rings (SSSR count). The molecule has 1 N–H and O–H groups in total. The number of rotatable bonds is 5. The highest BCUT2D eigenvalue weighted by Gasteiger charge is 2.38. The van der Waals surface area contributed by atoms with Gasteiger partial charge in [0.05, 0.1) is 17.2 Å². The summed E-state index contributed by atoms with van der Waals surface area (Å²) in [6.45, 7) is 2.73. The number of aromatic nitrogens is 2. The summed E-state index contributed by atoms with van der Waals surface area (Å²) < 4.78 is 14.8. The molecule has 1 aromatic carbocycles. The Balaban J connectivity index is 1.45. The molecule has 0 spiro atoms. The van der Waals surface area contributed by atoms with E-state index in [9.17, 15) is 14.0 Å². The van der Waals surface area contributed by atoms with Crippen molar-refractivity contribution in [3.05, 3.63) is 40.7 Å². The second-order valence-electron chi connectivity index (χ2n) is 8.45. The van der Waals surface area contributed by atoms with Crippen LogP contribution in [0.15, 0.2) is 29.3 Å². The summed E-state index contributed by atoms with van der Waals surface area (Å²) in [7, 11) is 0. The minimum Gasteiger partial charge on any atom is -0.353 e. The number of nitrogens with zero attached hydrogens (tertiary/aromatic N) is 3. The molecule has 1 saturated carbocycles. The second-order valence-corrected chi connectivity index (χ2v) is 8.45. The smallest absolute Gasteiger partial charge is 0.261 e. The number of carbonyl (C=O) groups is 1. The van der Waals surface area contributed by atoms with Crippen LogP contribution in [0.25, 0.3) is 10.9 Å². The third-order valence-corrected chi connectivity index (χ3v) is 6.53. The highest BCUT2D eigenvalue weighted by atomic mass is 19.1. The Labute approximate surface area is 170 Å². The van der Waals surface area contributed by atoms with Gasteiger partial charge in [-0.25, -0.2) is 9.37 Å². The molecular weight excluding hydrogens is 371 g/mol. The van der Waals surface area contributed by atoms with Crippen LogP contribution in [0.1, 0.15) is 51.4 Å². The average molecular weight is 400 g/mol. The van der Waals surface area contributed by atoms with E-state index in [1.54, 1.807) is 0 Å². The number of nitrogens with one attached hydrogen (secondary N) is 1. The second kappa shape index (κ2) is 8.61. The minimum atomic E-state index is -0.487. The van der Waals surface area contributed by atoms with Crippen molar-refractivity contribution in [1.29, 1.82) is 0 Å². The Bertz CT molecular complexity index is 930. The Morgan fingerprint density at radius 1 is 1.10 bits per heavy atom. The maximum absolute atomic E-state index is 13.5. The fourth-order valence-electron chi connectivity index (χ4n) is 4.90. The van der Waals surface area contributed by atoms with Gasteiger partial charge in [0.1, 0.15) is 12.4 Å². The predicted octanol–water partition coefficient (Wildman–Crippen LogP) is 2.84. The molecule has 2 heterocycles. The van der Waals surface area contributed by atoms with Gasteiger partial charge >= 0.3 is 0 Å². The maximum Gasteiger partial charge on any atom is 0.261 e. The molecule has 1 amide bonds. The number of hydrogen-bond donors (Lipinski definition) is 1. The van der Waals surface area contributed by atoms with Gasteiger partial charge in [-0.15, -0.1) is 0 Å². The molecule has 1 aliphatic heterocycles. The van der Waals surface area contributed by atoms with Crippen LogP contribution in [-0.4, -0.2) is 45.5 Å². The van der Waals surface area contributed by atoms with Crippen LogP contribution in [-0.2, 0) is 11.3 Å². The molecule has 0 atom stereocenters. The minimum absolute atomic E-state index is 0.0457. The fourth-order valence-corrected chi connectivity index (χ4v) is 4.90. The number of fused-ring (bicyclic) bond motifs is 1. The van der Waals surface area contributed by atoms with E-state index in [-0.39, 0.29) is 23.4 Å². The van der Waals surface area contributed by atoms with Gasteiger partial charge in [0.15, 0.2) is 0 Å². The van der Waals surface area contributed by atoms with Gasteiger partial charge in [-0.3, -0.25) is 19.1 Å². The lowest BCUT2D eigenvalue weighted by Gasteiger charge is -2.48. The van der Waals surface area contributed by atoms with Crippen LogP contribution in [0.4, 0.5) is 4.39 Å². The van der Waals surface area contributed by atoms with Gasteiger partial charge in [0, 0.05) is 12.1 Å². The van der Waals surface area contributed by atoms with Gasteiger partial charge in [-0.1, -0.05) is 25.7 Å². The molecule has 6 nitrogen and oxygen atoms in total. The fraction of sp³-hybridized carbons (Fsp3) is 0.591. The quantitative estimate of drug-likeness (QED) is 0.838. The van der Waals surface area contributed by atoms with Crippen molar-refractivity contribution in [2.75, 3.05) is 19.6 Å². The van der Waals surface area contributed by atoms with Crippen molar-refractivity contribution in [2.45, 2.75) is 63.5 Å². The van der Waals surface area contributed by atoms with Crippen molar-refractivity contribution < 1.29 is 9.18 Å². The number of amides is 1. The Hall–Kier alpha value is -2.28. The predicted molar refractivity (Wildman–Crippen MR) is 110 cm³/mol. The van der Waals surface area contributed by atoms with Crippen LogP contribution in [0.2, 0.25) is 0 Å². The lowest BCUT2D eigenvalue weighted by molar-refractivity contribution is -0.122. The summed E-state index contributed by atoms with van der Waals surface area (Å²) in [5, 5.41) is 3.28. The van der Waals surface area contributed by atoms with E-state index in [4.69, 9.17) is 0 Å². The lowest BCUT2D eigenvalue weighted by atomic mass is 9.79. The highest BCUT2D eigenvalue weighted by Crippen LogP contribution is 2.35. The molecule has 2 aromatic rings. The summed E-state index contributed by atoms with van der Waals surface area (Å²) in [6.07, 6.45) is 11.0. The highest BCUT2D eigenvalue weighted by molar-refractivity contribution is 5.79. The maximum atomic E-state index is 13.5. The number of benzene rings is 1. The normalized spacial score (nSPS) is 19.9. The molecule has 1 aromatic heterocycles. The zero-order chi connectivity index (χ0) is 20.3. The van der Waals surface area contributed by atoms with E-state index < -0.39 is 11.4 Å². The van der Waals surface area contributed by atoms with Crippen molar-refractivity contribution in [2.24, 2.45) is 0 Å². The van der Waals surface area contributed by atoms with Gasteiger partial charge in [-0.05, 0) is 57.0 Å². The third kappa shape index (κ3) is 4.34. The van der Waals surface area contributed by atoms with Gasteiger partial charge in [-0.2, -0.15) is 0 Å². The van der Waals surface area contributed by atoms with Crippen molar-refractivity contribution >= 4 is 16.8 Å². The van der Waals surface area contributed by atoms with Crippen LogP contribution in [0, 0.1) is 5.82 Å². The summed E-state index contributed by atoms with van der Waals surface area (Å²) in [5.41, 5.74) is 0.0803. The number of hydrogen-bond acceptors (Lipinski definition) is 4. The molecule has 1 aliphatic carbocycles. The number of carbonyl (C=O) groups excluding carboxylic acids is 1. The van der Waals surface area contributed by atoms with Crippen LogP contribution in [0.3, 0.4) is 0 Å². The SMILES string of the molecule is O=C(Cn1cnc2ccc(F)cc2c1=O)NCC1(N2CCCCC2)CCCCC1. The summed E-state index contributed by atoms with van der Waals surface area (Å²) in [4.78, 5) is 32.0. The lowest BCUT2D eigenvalue weighted by Crippen LogP contribution is -2.58. The van der Waals surface area contributed by atoms with Crippen molar-refractivity contribution in [3.63, 3.8) is 0 Å². The van der Waals surface area contributed by atoms with Gasteiger partial charge in [0.25, 0.3) is 5.56 Å². The largest absolute Gasteiger partial charge is 0.353 e. The molecule has 2 aliphatic rings. The molecule has 0 bridgehead atoms. The monoisotopic (exact) mass is 400 g/mol. The van der Waals surface area contributed by atoms with Crippen molar-refractivity contribution in [3.8, 4) is 0 Å². The molecule has 2 fully saturated rings. The van der Waals surface area contributed by atoms with E-state index in [1.807, 2.05) is 0 Å². The first-order valence-electron chi connectivity index (χ1n) is 10.7. The summed E-state index contributed by atoms with van der Waals surface area (Å²) >= 11 is 0. The first kappa shape index (κ1) is 20.0. The molecule has 0 radical (unpaired) electrons. The standard InChI is InChI=1S/C22H29FN4O2/c23-17-7-8-19-18(13-17)21(29)26(16-25-19)14-20(28)24-15-22(9-3-1-4-10-22)27-11-5-2-6-12-27/h7-8,13,16H,1-6,9-12,14-15H2,(H,24,28).